The third kappa shape index (κ3) is 3.48. The molecule has 118 valence electrons. The highest BCUT2D eigenvalue weighted by Crippen LogP contribution is 2.29. The van der Waals surface area contributed by atoms with Crippen LogP contribution in [0.5, 0.6) is 0 Å². The molecule has 1 aromatic carbocycles. The minimum atomic E-state index is -3.74. The average molecular weight is 336 g/mol. The summed E-state index contributed by atoms with van der Waals surface area (Å²) in [6.45, 7) is 5.21. The molecule has 0 spiro atoms. The average Bonchev–Trinajstić information content (AvgIpc) is 2.43. The number of nitrogen functional groups attached to an aromatic ring is 1. The Hall–Kier alpha value is -0.890. The molecule has 1 saturated heterocycles. The number of sulfonamides is 1. The van der Waals surface area contributed by atoms with Gasteiger partial charge in [0.2, 0.25) is 10.0 Å². The molecule has 0 aliphatic carbocycles. The van der Waals surface area contributed by atoms with Crippen molar-refractivity contribution in [1.82, 2.24) is 9.21 Å². The molecule has 2 N–H and O–H groups in total. The Morgan fingerprint density at radius 1 is 1.29 bits per heavy atom. The molecule has 0 saturated carbocycles. The van der Waals surface area contributed by atoms with Gasteiger partial charge < -0.3 is 10.6 Å². The normalized spacial score (nSPS) is 18.0. The maximum absolute atomic E-state index is 13.3. The van der Waals surface area contributed by atoms with Gasteiger partial charge in [-0.1, -0.05) is 18.5 Å². The van der Waals surface area contributed by atoms with Gasteiger partial charge in [0.25, 0.3) is 0 Å². The molecule has 2 rings (SSSR count). The molecule has 1 aliphatic heterocycles. The maximum atomic E-state index is 13.3. The lowest BCUT2D eigenvalue weighted by molar-refractivity contribution is 0.188. The molecule has 0 unspecified atom stereocenters. The van der Waals surface area contributed by atoms with E-state index in [1.54, 1.807) is 0 Å². The van der Waals surface area contributed by atoms with Gasteiger partial charge in [-0.2, -0.15) is 4.31 Å². The molecule has 1 heterocycles. The van der Waals surface area contributed by atoms with Gasteiger partial charge in [0, 0.05) is 26.2 Å². The van der Waals surface area contributed by atoms with Crippen LogP contribution in [0.25, 0.3) is 0 Å². The Morgan fingerprint density at radius 3 is 2.48 bits per heavy atom. The van der Waals surface area contributed by atoms with E-state index in [9.17, 15) is 12.8 Å². The Labute approximate surface area is 129 Å². The van der Waals surface area contributed by atoms with Crippen LogP contribution in [0, 0.1) is 5.82 Å². The fraction of sp³-hybridized carbons (Fsp3) is 0.538. The second-order valence-electron chi connectivity index (χ2n) is 5.05. The van der Waals surface area contributed by atoms with Gasteiger partial charge in [0.15, 0.2) is 0 Å². The maximum Gasteiger partial charge on any atom is 0.244 e. The molecule has 0 atom stereocenters. The lowest BCUT2D eigenvalue weighted by Crippen LogP contribution is -2.48. The largest absolute Gasteiger partial charge is 0.396 e. The summed E-state index contributed by atoms with van der Waals surface area (Å²) in [7, 11) is -3.74. The fourth-order valence-corrected chi connectivity index (χ4v) is 4.34. The standard InChI is InChI=1S/C13H19ClFN3O2S/c1-2-3-17-4-6-18(7-5-17)21(19,20)13-9-12(16)11(15)8-10(13)14/h8-9H,2-7,16H2,1H3. The van der Waals surface area contributed by atoms with Gasteiger partial charge in [0.1, 0.15) is 10.7 Å². The van der Waals surface area contributed by atoms with Gasteiger partial charge >= 0.3 is 0 Å². The second-order valence-corrected chi connectivity index (χ2v) is 7.36. The van der Waals surface area contributed by atoms with Crippen LogP contribution in [-0.2, 0) is 10.0 Å². The molecular formula is C13H19ClFN3O2S. The van der Waals surface area contributed by atoms with Crippen LogP contribution >= 0.6 is 11.6 Å². The van der Waals surface area contributed by atoms with Crippen molar-refractivity contribution in [3.8, 4) is 0 Å². The highest BCUT2D eigenvalue weighted by atomic mass is 35.5. The number of hydrogen-bond donors (Lipinski definition) is 1. The minimum Gasteiger partial charge on any atom is -0.396 e. The van der Waals surface area contributed by atoms with Gasteiger partial charge in [-0.25, -0.2) is 12.8 Å². The van der Waals surface area contributed by atoms with Crippen LogP contribution in [0.15, 0.2) is 17.0 Å². The zero-order valence-corrected chi connectivity index (χ0v) is 13.4. The highest BCUT2D eigenvalue weighted by Gasteiger charge is 2.30. The van der Waals surface area contributed by atoms with E-state index in [-0.39, 0.29) is 15.6 Å². The lowest BCUT2D eigenvalue weighted by atomic mass is 10.3. The van der Waals surface area contributed by atoms with E-state index in [0.717, 1.165) is 25.1 Å². The van der Waals surface area contributed by atoms with Gasteiger partial charge in [-0.15, -0.1) is 0 Å². The zero-order valence-electron chi connectivity index (χ0n) is 11.8. The Balaban J connectivity index is 2.22. The number of benzene rings is 1. The summed E-state index contributed by atoms with van der Waals surface area (Å²) in [5.41, 5.74) is 5.23. The van der Waals surface area contributed by atoms with Crippen molar-refractivity contribution in [3.63, 3.8) is 0 Å². The molecule has 21 heavy (non-hydrogen) atoms. The van der Waals surface area contributed by atoms with E-state index in [2.05, 4.69) is 11.8 Å². The predicted molar refractivity (Wildman–Crippen MR) is 81.3 cm³/mol. The van der Waals surface area contributed by atoms with Gasteiger partial charge in [-0.05, 0) is 25.1 Å². The summed E-state index contributed by atoms with van der Waals surface area (Å²) < 4.78 is 39.8. The molecule has 0 amide bonds. The number of anilines is 1. The van der Waals surface area contributed by atoms with E-state index < -0.39 is 15.8 Å². The number of nitrogens with zero attached hydrogens (tertiary/aromatic N) is 2. The van der Waals surface area contributed by atoms with Gasteiger partial charge in [0.05, 0.1) is 10.7 Å². The number of nitrogens with two attached hydrogens (primary N) is 1. The molecule has 5 nitrogen and oxygen atoms in total. The topological polar surface area (TPSA) is 66.6 Å². The minimum absolute atomic E-state index is 0.132. The molecule has 1 aromatic rings. The van der Waals surface area contributed by atoms with Crippen LogP contribution < -0.4 is 5.73 Å². The first-order valence-electron chi connectivity index (χ1n) is 6.83. The quantitative estimate of drug-likeness (QED) is 0.852. The summed E-state index contributed by atoms with van der Waals surface area (Å²) in [6, 6.07) is 2.03. The first-order valence-corrected chi connectivity index (χ1v) is 8.65. The van der Waals surface area contributed by atoms with Crippen molar-refractivity contribution in [1.29, 1.82) is 0 Å². The van der Waals surface area contributed by atoms with E-state index in [4.69, 9.17) is 17.3 Å². The molecule has 0 radical (unpaired) electrons. The van der Waals surface area contributed by atoms with Crippen LogP contribution in [0.2, 0.25) is 5.02 Å². The SMILES string of the molecule is CCCN1CCN(S(=O)(=O)c2cc(N)c(F)cc2Cl)CC1. The Kier molecular flexibility index (Phi) is 5.08. The zero-order chi connectivity index (χ0) is 15.6. The van der Waals surface area contributed by atoms with Crippen molar-refractivity contribution >= 4 is 27.3 Å². The first kappa shape index (κ1) is 16.5. The van der Waals surface area contributed by atoms with Gasteiger partial charge in [-0.3, -0.25) is 0 Å². The highest BCUT2D eigenvalue weighted by molar-refractivity contribution is 7.89. The monoisotopic (exact) mass is 335 g/mol. The van der Waals surface area contributed by atoms with Crippen molar-refractivity contribution in [2.24, 2.45) is 0 Å². The van der Waals surface area contributed by atoms with E-state index >= 15 is 0 Å². The summed E-state index contributed by atoms with van der Waals surface area (Å²) in [5.74, 6) is -0.716. The van der Waals surface area contributed by atoms with Crippen LogP contribution in [0.3, 0.4) is 0 Å². The number of halogens is 2. The Bertz CT molecular complexity index is 616. The summed E-state index contributed by atoms with van der Waals surface area (Å²) in [4.78, 5) is 2.08. The van der Waals surface area contributed by atoms with Crippen molar-refractivity contribution in [3.05, 3.63) is 23.0 Å². The number of hydrogen-bond acceptors (Lipinski definition) is 4. The van der Waals surface area contributed by atoms with Crippen molar-refractivity contribution < 1.29 is 12.8 Å². The number of rotatable bonds is 4. The predicted octanol–water partition coefficient (Wildman–Crippen LogP) is 1.78. The van der Waals surface area contributed by atoms with E-state index in [0.29, 0.717) is 26.2 Å². The summed E-state index contributed by atoms with van der Waals surface area (Å²) in [6.07, 6.45) is 1.03. The molecule has 8 heteroatoms. The molecule has 1 fully saturated rings. The third-order valence-corrected chi connectivity index (χ3v) is 5.90. The first-order chi connectivity index (χ1) is 9.86. The number of piperazine rings is 1. The molecule has 0 bridgehead atoms. The lowest BCUT2D eigenvalue weighted by Gasteiger charge is -2.33. The van der Waals surface area contributed by atoms with E-state index in [1.807, 2.05) is 0 Å². The molecular weight excluding hydrogens is 317 g/mol. The smallest absolute Gasteiger partial charge is 0.244 e. The van der Waals surface area contributed by atoms with Crippen LogP contribution in [-0.4, -0.2) is 50.3 Å². The van der Waals surface area contributed by atoms with Crippen LogP contribution in [0.4, 0.5) is 10.1 Å². The fourth-order valence-electron chi connectivity index (χ4n) is 2.39. The summed E-state index contributed by atoms with van der Waals surface area (Å²) in [5, 5.41) is -0.141. The van der Waals surface area contributed by atoms with E-state index in [1.165, 1.54) is 4.31 Å². The molecule has 0 aromatic heterocycles. The van der Waals surface area contributed by atoms with Crippen molar-refractivity contribution in [2.45, 2.75) is 18.2 Å². The Morgan fingerprint density at radius 2 is 1.90 bits per heavy atom. The van der Waals surface area contributed by atoms with Crippen molar-refractivity contribution in [2.75, 3.05) is 38.5 Å². The summed E-state index contributed by atoms with van der Waals surface area (Å²) >= 11 is 5.87. The molecule has 1 aliphatic rings. The second kappa shape index (κ2) is 6.48. The third-order valence-electron chi connectivity index (χ3n) is 3.54. The van der Waals surface area contributed by atoms with Crippen LogP contribution in [0.1, 0.15) is 13.3 Å².